The smallest absolute Gasteiger partial charge is 0.147 e. The van der Waals surface area contributed by atoms with Crippen molar-refractivity contribution in [1.29, 1.82) is 0 Å². The van der Waals surface area contributed by atoms with Crippen LogP contribution in [0.2, 0.25) is 0 Å². The van der Waals surface area contributed by atoms with Crippen LogP contribution in [-0.4, -0.2) is 50.8 Å². The van der Waals surface area contributed by atoms with Gasteiger partial charge < -0.3 is 9.64 Å². The Morgan fingerprint density at radius 2 is 1.82 bits per heavy atom. The van der Waals surface area contributed by atoms with E-state index in [1.807, 2.05) is 37.6 Å². The molecular formula is C21H20N6O. The number of aromatic nitrogens is 5. The number of hydrogen-bond donors (Lipinski definition) is 0. The molecule has 0 aliphatic carbocycles. The summed E-state index contributed by atoms with van der Waals surface area (Å²) in [6.45, 7) is 5.20. The van der Waals surface area contributed by atoms with Gasteiger partial charge in [0.05, 0.1) is 42.3 Å². The lowest BCUT2D eigenvalue weighted by atomic mass is 10.2. The first-order valence-electron chi connectivity index (χ1n) is 9.34. The molecule has 7 heteroatoms. The second-order valence-electron chi connectivity index (χ2n) is 6.80. The van der Waals surface area contributed by atoms with Gasteiger partial charge in [0.15, 0.2) is 0 Å². The maximum Gasteiger partial charge on any atom is 0.147 e. The van der Waals surface area contributed by atoms with E-state index in [-0.39, 0.29) is 0 Å². The van der Waals surface area contributed by atoms with Gasteiger partial charge in [0, 0.05) is 36.7 Å². The molecule has 28 heavy (non-hydrogen) atoms. The van der Waals surface area contributed by atoms with Crippen LogP contribution in [-0.2, 0) is 4.74 Å². The van der Waals surface area contributed by atoms with Gasteiger partial charge in [-0.3, -0.25) is 14.5 Å². The summed E-state index contributed by atoms with van der Waals surface area (Å²) in [5.41, 5.74) is 4.72. The van der Waals surface area contributed by atoms with Crippen LogP contribution in [0.15, 0.2) is 55.1 Å². The Bertz CT molecular complexity index is 1100. The molecular weight excluding hydrogens is 352 g/mol. The molecule has 0 N–H and O–H groups in total. The fraction of sp³-hybridized carbons (Fsp3) is 0.238. The predicted octanol–water partition coefficient (Wildman–Crippen LogP) is 3.02. The van der Waals surface area contributed by atoms with Gasteiger partial charge in [0.25, 0.3) is 0 Å². The first-order valence-corrected chi connectivity index (χ1v) is 9.34. The van der Waals surface area contributed by atoms with Crippen LogP contribution in [0, 0.1) is 6.92 Å². The van der Waals surface area contributed by atoms with Crippen molar-refractivity contribution in [3.63, 3.8) is 0 Å². The van der Waals surface area contributed by atoms with Crippen molar-refractivity contribution in [1.82, 2.24) is 24.5 Å². The second kappa shape index (κ2) is 7.01. The van der Waals surface area contributed by atoms with Gasteiger partial charge in [-0.1, -0.05) is 0 Å². The van der Waals surface area contributed by atoms with Gasteiger partial charge in [0.2, 0.25) is 0 Å². The number of pyridine rings is 3. The highest BCUT2D eigenvalue weighted by Gasteiger charge is 2.17. The molecule has 140 valence electrons. The maximum absolute atomic E-state index is 5.43. The molecule has 1 saturated heterocycles. The number of rotatable bonds is 3. The molecule has 0 bridgehead atoms. The molecule has 5 heterocycles. The van der Waals surface area contributed by atoms with Crippen LogP contribution in [0.5, 0.6) is 0 Å². The molecule has 0 amide bonds. The van der Waals surface area contributed by atoms with Crippen LogP contribution >= 0.6 is 0 Å². The van der Waals surface area contributed by atoms with E-state index in [1.165, 1.54) is 0 Å². The topological polar surface area (TPSA) is 69.0 Å². The van der Waals surface area contributed by atoms with Crippen molar-refractivity contribution in [2.24, 2.45) is 0 Å². The largest absolute Gasteiger partial charge is 0.378 e. The van der Waals surface area contributed by atoms with Crippen LogP contribution < -0.4 is 4.90 Å². The van der Waals surface area contributed by atoms with Gasteiger partial charge in [-0.15, -0.1) is 0 Å². The third-order valence-corrected chi connectivity index (χ3v) is 4.95. The summed E-state index contributed by atoms with van der Waals surface area (Å²) in [4.78, 5) is 20.5. The average molecular weight is 372 g/mol. The van der Waals surface area contributed by atoms with E-state index in [0.29, 0.717) is 0 Å². The number of fused-ring (bicyclic) bond motifs is 1. The standard InChI is InChI=1S/C21H20N6O/c1-15-2-4-17(13-23-15)27-19-14-22-7-6-18(19)25-21(27)16-3-5-20(24-12-16)26-8-10-28-11-9-26/h2-7,12-14H,8-11H2,1H3. The van der Waals surface area contributed by atoms with Crippen molar-refractivity contribution in [2.75, 3.05) is 31.2 Å². The fourth-order valence-electron chi connectivity index (χ4n) is 3.47. The van der Waals surface area contributed by atoms with Crippen LogP contribution in [0.3, 0.4) is 0 Å². The minimum absolute atomic E-state index is 0.743. The highest BCUT2D eigenvalue weighted by molar-refractivity contribution is 5.82. The summed E-state index contributed by atoms with van der Waals surface area (Å²) < 4.78 is 7.51. The molecule has 0 spiro atoms. The SMILES string of the molecule is Cc1ccc(-n2c(-c3ccc(N4CCOCC4)nc3)nc3ccncc32)cn1. The minimum Gasteiger partial charge on any atom is -0.378 e. The first kappa shape index (κ1) is 16.8. The maximum atomic E-state index is 5.43. The lowest BCUT2D eigenvalue weighted by Gasteiger charge is -2.27. The quantitative estimate of drug-likeness (QED) is 0.551. The van der Waals surface area contributed by atoms with Crippen molar-refractivity contribution >= 4 is 16.9 Å². The third kappa shape index (κ3) is 2.99. The first-order chi connectivity index (χ1) is 13.8. The Labute approximate surface area is 162 Å². The molecule has 0 radical (unpaired) electrons. The van der Waals surface area contributed by atoms with Gasteiger partial charge in [-0.05, 0) is 37.3 Å². The number of morpholine rings is 1. The lowest BCUT2D eigenvalue weighted by Crippen LogP contribution is -2.36. The number of nitrogens with zero attached hydrogens (tertiary/aromatic N) is 6. The number of imidazole rings is 1. The summed E-state index contributed by atoms with van der Waals surface area (Å²) in [5.74, 6) is 1.79. The molecule has 4 aromatic heterocycles. The molecule has 4 aromatic rings. The van der Waals surface area contributed by atoms with Gasteiger partial charge in [-0.25, -0.2) is 9.97 Å². The molecule has 7 nitrogen and oxygen atoms in total. The van der Waals surface area contributed by atoms with Gasteiger partial charge >= 0.3 is 0 Å². The molecule has 0 aromatic carbocycles. The molecule has 1 aliphatic heterocycles. The summed E-state index contributed by atoms with van der Waals surface area (Å²) in [6, 6.07) is 10.1. The number of anilines is 1. The van der Waals surface area contributed by atoms with Crippen molar-refractivity contribution in [3.05, 3.63) is 60.8 Å². The van der Waals surface area contributed by atoms with Crippen molar-refractivity contribution in [2.45, 2.75) is 6.92 Å². The van der Waals surface area contributed by atoms with Gasteiger partial charge in [-0.2, -0.15) is 0 Å². The lowest BCUT2D eigenvalue weighted by molar-refractivity contribution is 0.122. The Hall–Kier alpha value is -3.32. The van der Waals surface area contributed by atoms with Gasteiger partial charge in [0.1, 0.15) is 11.6 Å². The highest BCUT2D eigenvalue weighted by atomic mass is 16.5. The fourth-order valence-corrected chi connectivity index (χ4v) is 3.47. The summed E-state index contributed by atoms with van der Waals surface area (Å²) in [6.07, 6.45) is 7.35. The Kier molecular flexibility index (Phi) is 4.21. The van der Waals surface area contributed by atoms with E-state index in [0.717, 1.165) is 65.9 Å². The van der Waals surface area contributed by atoms with Crippen molar-refractivity contribution < 1.29 is 4.74 Å². The minimum atomic E-state index is 0.743. The van der Waals surface area contributed by atoms with E-state index in [9.17, 15) is 0 Å². The Balaban J connectivity index is 1.60. The van der Waals surface area contributed by atoms with Crippen LogP contribution in [0.4, 0.5) is 5.82 Å². The number of hydrogen-bond acceptors (Lipinski definition) is 6. The second-order valence-corrected chi connectivity index (χ2v) is 6.80. The van der Waals surface area contributed by atoms with E-state index >= 15 is 0 Å². The predicted molar refractivity (Wildman–Crippen MR) is 108 cm³/mol. The molecule has 0 unspecified atom stereocenters. The molecule has 0 atom stereocenters. The highest BCUT2D eigenvalue weighted by Crippen LogP contribution is 2.28. The normalized spacial score (nSPS) is 14.5. The van der Waals surface area contributed by atoms with E-state index in [2.05, 4.69) is 42.6 Å². The van der Waals surface area contributed by atoms with Crippen LogP contribution in [0.25, 0.3) is 28.1 Å². The Morgan fingerprint density at radius 1 is 0.929 bits per heavy atom. The van der Waals surface area contributed by atoms with Crippen molar-refractivity contribution in [3.8, 4) is 17.1 Å². The molecule has 1 aliphatic rings. The molecule has 0 saturated carbocycles. The number of ether oxygens (including phenoxy) is 1. The zero-order chi connectivity index (χ0) is 18.9. The number of aryl methyl sites for hydroxylation is 1. The summed E-state index contributed by atoms with van der Waals surface area (Å²) in [7, 11) is 0. The van der Waals surface area contributed by atoms with E-state index in [4.69, 9.17) is 9.72 Å². The zero-order valence-corrected chi connectivity index (χ0v) is 15.6. The monoisotopic (exact) mass is 372 g/mol. The molecule has 1 fully saturated rings. The van der Waals surface area contributed by atoms with E-state index < -0.39 is 0 Å². The average Bonchev–Trinajstić information content (AvgIpc) is 3.15. The summed E-state index contributed by atoms with van der Waals surface area (Å²) >= 11 is 0. The summed E-state index contributed by atoms with van der Waals surface area (Å²) in [5, 5.41) is 0. The van der Waals surface area contributed by atoms with E-state index in [1.54, 1.807) is 6.20 Å². The molecule has 5 rings (SSSR count). The Morgan fingerprint density at radius 3 is 2.57 bits per heavy atom. The van der Waals surface area contributed by atoms with Crippen LogP contribution in [0.1, 0.15) is 5.69 Å². The third-order valence-electron chi connectivity index (χ3n) is 4.95. The zero-order valence-electron chi connectivity index (χ0n) is 15.6.